The Hall–Kier alpha value is -13.1. The average Bonchev–Trinajstić information content (AvgIpc) is 1.70. The zero-order valence-corrected chi connectivity index (χ0v) is 66.1. The van der Waals surface area contributed by atoms with E-state index in [1.807, 2.05) is 43.2 Å². The number of phenolic OH excluding ortho intramolecular Hbond substituents is 1. The number of amides is 4. The molecular weight excluding hydrogens is 1470 g/mol. The van der Waals surface area contributed by atoms with E-state index in [1.54, 1.807) is 171 Å². The molecule has 0 fully saturated rings. The van der Waals surface area contributed by atoms with Crippen molar-refractivity contribution in [1.29, 1.82) is 0 Å². The Bertz CT molecular complexity index is 4620. The highest BCUT2D eigenvalue weighted by Gasteiger charge is 2.36. The second-order valence-corrected chi connectivity index (χ2v) is 25.5. The molecule has 24 nitrogen and oxygen atoms in total. The van der Waals surface area contributed by atoms with E-state index in [0.29, 0.717) is 55.9 Å². The molecule has 6 aromatic carbocycles. The first kappa shape index (κ1) is 92.3. The molecular formula is C88H94N4O20S. The Morgan fingerprint density at radius 1 is 0.425 bits per heavy atom. The van der Waals surface area contributed by atoms with Crippen LogP contribution >= 0.6 is 11.3 Å². The van der Waals surface area contributed by atoms with Crippen molar-refractivity contribution < 1.29 is 95.8 Å². The lowest BCUT2D eigenvalue weighted by molar-refractivity contribution is -0.145. The van der Waals surface area contributed by atoms with Gasteiger partial charge in [-0.15, -0.1) is 37.0 Å². The summed E-state index contributed by atoms with van der Waals surface area (Å²) in [6.07, 6.45) is 21.0. The Morgan fingerprint density at radius 3 is 1.26 bits per heavy atom. The van der Waals surface area contributed by atoms with Gasteiger partial charge in [0.1, 0.15) is 41.1 Å². The van der Waals surface area contributed by atoms with Crippen molar-refractivity contribution in [3.8, 4) is 72.4 Å². The number of Topliss-reactive ketones (excluding diaryl/α,β-unsaturated/α-hetero) is 4. The number of aryl methyl sites for hydroxylation is 4. The van der Waals surface area contributed by atoms with Gasteiger partial charge in [0, 0.05) is 53.2 Å². The molecule has 7 aromatic rings. The maximum atomic E-state index is 13.2. The SMILES string of the molecule is C#CC(=O)N(CC(=O)CCC(=O)OCC)c1ccc(OC)cc1C.C#CC(=O)N(Cc1ccc(C)cc1OC)C(C(=O)CCC(=O)OCC)c1ccccc1.C#CC(=O)N(c1ccc(O)cc1C)C(C(=O)CCC(=O)OCC)c1cccs1.C#CC(=O)N(c1ccc(OC)cc1C)C(C(=O)CCC(=O)OCC)c1ccccc1. The van der Waals surface area contributed by atoms with Crippen molar-refractivity contribution in [1.82, 2.24) is 4.90 Å². The summed E-state index contributed by atoms with van der Waals surface area (Å²) in [5.74, 6) is 4.60. The molecule has 1 N–H and O–H groups in total. The number of rotatable bonds is 35. The van der Waals surface area contributed by atoms with Crippen molar-refractivity contribution in [3.05, 3.63) is 195 Å². The number of hydrogen-bond donors (Lipinski definition) is 1. The highest BCUT2D eigenvalue weighted by atomic mass is 32.1. The number of anilines is 3. The lowest BCUT2D eigenvalue weighted by Crippen LogP contribution is -2.39. The number of ketones is 4. The largest absolute Gasteiger partial charge is 0.508 e. The fourth-order valence-corrected chi connectivity index (χ4v) is 12.3. The smallest absolute Gasteiger partial charge is 0.306 e. The molecule has 1 aromatic heterocycles. The minimum absolute atomic E-state index is 0.0115. The first-order chi connectivity index (χ1) is 54.1. The Morgan fingerprint density at radius 2 is 0.841 bits per heavy atom. The van der Waals surface area contributed by atoms with Crippen LogP contribution in [0, 0.1) is 77.1 Å². The molecule has 3 unspecified atom stereocenters. The maximum Gasteiger partial charge on any atom is 0.306 e. The van der Waals surface area contributed by atoms with Crippen molar-refractivity contribution >= 4 is 99.0 Å². The molecule has 113 heavy (non-hydrogen) atoms. The summed E-state index contributed by atoms with van der Waals surface area (Å²) in [6.45, 7) is 14.9. The van der Waals surface area contributed by atoms with Crippen LogP contribution in [0.3, 0.4) is 0 Å². The molecule has 0 spiro atoms. The van der Waals surface area contributed by atoms with Crippen LogP contribution in [0.1, 0.15) is 141 Å². The number of terminal acetylenes is 4. The minimum Gasteiger partial charge on any atom is -0.508 e. The molecule has 0 aliphatic heterocycles. The molecule has 25 heteroatoms. The minimum atomic E-state index is -0.976. The molecule has 3 atom stereocenters. The Balaban J connectivity index is 0.000000319. The number of nitrogens with zero attached hydrogens (tertiary/aromatic N) is 4. The molecule has 0 saturated heterocycles. The van der Waals surface area contributed by atoms with Gasteiger partial charge in [-0.2, -0.15) is 0 Å². The second kappa shape index (κ2) is 48.4. The standard InChI is InChI=1S/C25H27NO5.C24H25NO5.C21H21NO5S.C18H21NO5/c1-5-23(28)26(17-20-13-12-18(3)16-22(20)30-4)25(19-10-8-7-9-11-19)21(27)14-15-24(29)31-6-2;1-5-22(27)25(20-13-12-19(29-4)16-17(20)3)24(18-10-8-7-9-11-18)21(26)14-15-23(28)30-6-2;1-4-19(25)22(16-9-8-15(23)13-14(16)3)21(18-7-6-12-28-18)17(24)10-11-20(26)27-5-2;1-5-17(21)19(12-14(20)7-10-18(22)24-6-2)16-9-8-15(23-4)11-13(16)3/h1,7-13,16,25H,6,14-15,17H2,2-4H3;1,7-13,16,24H,6,14-15H2,2-4H3;1,6-9,12-13,21,23H,5,10-11H2,2-3H3;1,8-9,11H,6-7,10,12H2,2-4H3. The molecule has 0 radical (unpaired) electrons. The van der Waals surface area contributed by atoms with Gasteiger partial charge >= 0.3 is 41.6 Å². The third kappa shape index (κ3) is 28.7. The van der Waals surface area contributed by atoms with Gasteiger partial charge in [-0.05, 0) is 185 Å². The van der Waals surface area contributed by atoms with Gasteiger partial charge in [0.2, 0.25) is 0 Å². The van der Waals surface area contributed by atoms with Crippen LogP contribution in [0.25, 0.3) is 0 Å². The maximum absolute atomic E-state index is 13.2. The summed E-state index contributed by atoms with van der Waals surface area (Å²) in [4.78, 5) is 154. The van der Waals surface area contributed by atoms with E-state index in [0.717, 1.165) is 22.3 Å². The van der Waals surface area contributed by atoms with Gasteiger partial charge in [-0.1, -0.05) is 78.9 Å². The second-order valence-electron chi connectivity index (χ2n) is 24.5. The van der Waals surface area contributed by atoms with E-state index in [9.17, 15) is 62.6 Å². The molecule has 592 valence electrons. The topological polar surface area (TPSA) is 303 Å². The van der Waals surface area contributed by atoms with Crippen molar-refractivity contribution in [2.24, 2.45) is 0 Å². The number of aromatic hydroxyl groups is 1. The third-order valence-electron chi connectivity index (χ3n) is 16.7. The Labute approximate surface area is 664 Å². The van der Waals surface area contributed by atoms with Gasteiger partial charge in [-0.25, -0.2) is 0 Å². The number of hydrogen-bond acceptors (Lipinski definition) is 21. The lowest BCUT2D eigenvalue weighted by Gasteiger charge is -2.31. The van der Waals surface area contributed by atoms with Crippen LogP contribution < -0.4 is 28.9 Å². The molecule has 0 saturated carbocycles. The van der Waals surface area contributed by atoms with E-state index >= 15 is 0 Å². The van der Waals surface area contributed by atoms with Gasteiger partial charge in [0.05, 0.1) is 86.5 Å². The first-order valence-corrected chi connectivity index (χ1v) is 36.8. The predicted molar refractivity (Wildman–Crippen MR) is 428 cm³/mol. The highest BCUT2D eigenvalue weighted by Crippen LogP contribution is 2.38. The zero-order valence-electron chi connectivity index (χ0n) is 65.3. The van der Waals surface area contributed by atoms with Gasteiger partial charge in [0.15, 0.2) is 23.1 Å². The van der Waals surface area contributed by atoms with Gasteiger partial charge < -0.3 is 43.2 Å². The van der Waals surface area contributed by atoms with Crippen molar-refractivity contribution in [3.63, 3.8) is 0 Å². The molecule has 0 aliphatic carbocycles. The summed E-state index contributed by atoms with van der Waals surface area (Å²) >= 11 is 1.31. The quantitative estimate of drug-likeness (QED) is 0.0219. The molecule has 0 aliphatic rings. The Kier molecular flexibility index (Phi) is 39.6. The predicted octanol–water partition coefficient (Wildman–Crippen LogP) is 12.5. The average molecular weight is 1560 g/mol. The summed E-state index contributed by atoms with van der Waals surface area (Å²) in [5, 5.41) is 11.5. The monoisotopic (exact) mass is 1560 g/mol. The zero-order chi connectivity index (χ0) is 83.7. The molecule has 0 bridgehead atoms. The van der Waals surface area contributed by atoms with Crippen LogP contribution in [0.5, 0.6) is 23.0 Å². The summed E-state index contributed by atoms with van der Waals surface area (Å²) < 4.78 is 35.3. The van der Waals surface area contributed by atoms with Crippen molar-refractivity contribution in [2.45, 2.75) is 131 Å². The molecule has 7 rings (SSSR count). The number of carbonyl (C=O) groups is 12. The number of methoxy groups -OCH3 is 3. The van der Waals surface area contributed by atoms with E-state index < -0.39 is 65.6 Å². The van der Waals surface area contributed by atoms with Crippen LogP contribution in [0.2, 0.25) is 0 Å². The van der Waals surface area contributed by atoms with E-state index in [2.05, 4.69) is 17.8 Å². The van der Waals surface area contributed by atoms with Gasteiger partial charge in [0.25, 0.3) is 5.91 Å². The fraction of sp³-hybridized carbons (Fsp3) is 0.318. The first-order valence-electron chi connectivity index (χ1n) is 35.9. The third-order valence-corrected chi connectivity index (χ3v) is 17.6. The van der Waals surface area contributed by atoms with E-state index in [4.69, 9.17) is 58.9 Å². The number of carbonyl (C=O) groups excluding carboxylic acids is 12. The van der Waals surface area contributed by atoms with E-state index in [-0.39, 0.29) is 120 Å². The summed E-state index contributed by atoms with van der Waals surface area (Å²) in [7, 11) is 4.63. The van der Waals surface area contributed by atoms with Crippen LogP contribution in [0.15, 0.2) is 151 Å². The fourth-order valence-electron chi connectivity index (χ4n) is 11.4. The van der Waals surface area contributed by atoms with Crippen LogP contribution in [-0.4, -0.2) is 135 Å². The molecule has 4 amide bonds. The number of benzene rings is 6. The van der Waals surface area contributed by atoms with Gasteiger partial charge in [-0.3, -0.25) is 72.2 Å². The van der Waals surface area contributed by atoms with Crippen LogP contribution in [0.4, 0.5) is 17.1 Å². The summed E-state index contributed by atoms with van der Waals surface area (Å²) in [5.41, 5.74) is 6.44. The van der Waals surface area contributed by atoms with E-state index in [1.165, 1.54) is 50.2 Å². The lowest BCUT2D eigenvalue weighted by atomic mass is 9.96. The van der Waals surface area contributed by atoms with Crippen LogP contribution in [-0.2, 0) is 83.0 Å². The number of ether oxygens (including phenoxy) is 7. The highest BCUT2D eigenvalue weighted by molar-refractivity contribution is 7.10. The molecule has 1 heterocycles. The number of phenols is 1. The van der Waals surface area contributed by atoms with Crippen molar-refractivity contribution in [2.75, 3.05) is 69.0 Å². The summed E-state index contributed by atoms with van der Waals surface area (Å²) in [6, 6.07) is 38.7. The number of esters is 4. The normalized spacial score (nSPS) is 10.9. The number of thiophene rings is 1.